The van der Waals surface area contributed by atoms with E-state index in [9.17, 15) is 4.79 Å². The third-order valence-corrected chi connectivity index (χ3v) is 2.45. The SMILES string of the molecule is O=c1ccnc(N/N=C/c2ccc3c(c2)OCO3)[nH]1. The van der Waals surface area contributed by atoms with Gasteiger partial charge in [-0.25, -0.2) is 10.4 Å². The molecule has 7 heteroatoms. The number of H-pyrrole nitrogens is 1. The topological polar surface area (TPSA) is 88.6 Å². The summed E-state index contributed by atoms with van der Waals surface area (Å²) in [4.78, 5) is 17.4. The van der Waals surface area contributed by atoms with Crippen LogP contribution in [0.2, 0.25) is 0 Å². The largest absolute Gasteiger partial charge is 0.454 e. The van der Waals surface area contributed by atoms with Crippen molar-refractivity contribution in [2.45, 2.75) is 0 Å². The molecule has 1 aliphatic heterocycles. The third-order valence-electron chi connectivity index (χ3n) is 2.45. The predicted octanol–water partition coefficient (Wildman–Crippen LogP) is 0.945. The van der Waals surface area contributed by atoms with Crippen molar-refractivity contribution in [2.75, 3.05) is 12.2 Å². The highest BCUT2D eigenvalue weighted by molar-refractivity contribution is 5.81. The van der Waals surface area contributed by atoms with Crippen LogP contribution in [0.1, 0.15) is 5.56 Å². The Hall–Kier alpha value is -2.83. The first-order valence-corrected chi connectivity index (χ1v) is 5.55. The fourth-order valence-corrected chi connectivity index (χ4v) is 1.59. The van der Waals surface area contributed by atoms with Gasteiger partial charge in [-0.15, -0.1) is 0 Å². The first kappa shape index (κ1) is 11.3. The predicted molar refractivity (Wildman–Crippen MR) is 68.6 cm³/mol. The number of anilines is 1. The number of nitrogens with one attached hydrogen (secondary N) is 2. The van der Waals surface area contributed by atoms with Crippen LogP contribution in [-0.2, 0) is 0 Å². The molecule has 0 radical (unpaired) electrons. The maximum atomic E-state index is 11.0. The molecule has 2 aromatic rings. The van der Waals surface area contributed by atoms with Crippen molar-refractivity contribution in [1.29, 1.82) is 0 Å². The van der Waals surface area contributed by atoms with Crippen molar-refractivity contribution in [3.05, 3.63) is 46.4 Å². The first-order valence-electron chi connectivity index (χ1n) is 5.55. The summed E-state index contributed by atoms with van der Waals surface area (Å²) < 4.78 is 10.5. The van der Waals surface area contributed by atoms with Crippen LogP contribution in [0.4, 0.5) is 5.95 Å². The minimum atomic E-state index is -0.240. The van der Waals surface area contributed by atoms with E-state index in [4.69, 9.17) is 9.47 Å². The maximum Gasteiger partial charge on any atom is 0.252 e. The average Bonchev–Trinajstić information content (AvgIpc) is 2.86. The Balaban J connectivity index is 1.71. The second kappa shape index (κ2) is 4.81. The van der Waals surface area contributed by atoms with Gasteiger partial charge in [-0.3, -0.25) is 9.78 Å². The molecule has 3 rings (SSSR count). The second-order valence-corrected chi connectivity index (χ2v) is 3.77. The molecule has 2 N–H and O–H groups in total. The molecule has 1 aliphatic rings. The van der Waals surface area contributed by atoms with Gasteiger partial charge in [0.1, 0.15) is 0 Å². The molecule has 2 heterocycles. The van der Waals surface area contributed by atoms with Crippen LogP contribution < -0.4 is 20.5 Å². The van der Waals surface area contributed by atoms with E-state index in [1.165, 1.54) is 12.3 Å². The number of rotatable bonds is 3. The molecule has 0 unspecified atom stereocenters. The summed E-state index contributed by atoms with van der Waals surface area (Å²) in [5, 5.41) is 3.97. The van der Waals surface area contributed by atoms with Crippen molar-refractivity contribution in [3.63, 3.8) is 0 Å². The molecule has 0 saturated heterocycles. The van der Waals surface area contributed by atoms with E-state index in [2.05, 4.69) is 20.5 Å². The van der Waals surface area contributed by atoms with Crippen molar-refractivity contribution < 1.29 is 9.47 Å². The van der Waals surface area contributed by atoms with Gasteiger partial charge in [0.05, 0.1) is 6.21 Å². The minimum Gasteiger partial charge on any atom is -0.454 e. The van der Waals surface area contributed by atoms with Crippen LogP contribution in [0, 0.1) is 0 Å². The lowest BCUT2D eigenvalue weighted by Gasteiger charge is -1.99. The molecule has 0 atom stereocenters. The highest BCUT2D eigenvalue weighted by Gasteiger charge is 2.12. The average molecular weight is 258 g/mol. The summed E-state index contributed by atoms with van der Waals surface area (Å²) in [6.07, 6.45) is 2.99. The molecule has 96 valence electrons. The number of hydrogen-bond acceptors (Lipinski definition) is 6. The lowest BCUT2D eigenvalue weighted by Crippen LogP contribution is -2.07. The quantitative estimate of drug-likeness (QED) is 0.632. The monoisotopic (exact) mass is 258 g/mol. The highest BCUT2D eigenvalue weighted by Crippen LogP contribution is 2.31. The lowest BCUT2D eigenvalue weighted by atomic mass is 10.2. The molecular formula is C12H10N4O3. The summed E-state index contributed by atoms with van der Waals surface area (Å²) in [6.45, 7) is 0.239. The minimum absolute atomic E-state index is 0.239. The number of nitrogens with zero attached hydrogens (tertiary/aromatic N) is 2. The Morgan fingerprint density at radius 2 is 2.21 bits per heavy atom. The van der Waals surface area contributed by atoms with E-state index < -0.39 is 0 Å². The molecule has 19 heavy (non-hydrogen) atoms. The van der Waals surface area contributed by atoms with Crippen LogP contribution >= 0.6 is 0 Å². The number of hydrogen-bond donors (Lipinski definition) is 2. The van der Waals surface area contributed by atoms with Crippen LogP contribution in [-0.4, -0.2) is 23.0 Å². The fraction of sp³-hybridized carbons (Fsp3) is 0.0833. The van der Waals surface area contributed by atoms with Crippen LogP contribution in [0.15, 0.2) is 40.4 Å². The number of benzene rings is 1. The van der Waals surface area contributed by atoms with E-state index in [0.29, 0.717) is 5.75 Å². The first-order chi connectivity index (χ1) is 9.31. The molecule has 0 aliphatic carbocycles. The Kier molecular flexibility index (Phi) is 2.85. The van der Waals surface area contributed by atoms with Crippen LogP contribution in [0.3, 0.4) is 0 Å². The molecule has 0 amide bonds. The maximum absolute atomic E-state index is 11.0. The standard InChI is InChI=1S/C12H10N4O3/c17-11-3-4-13-12(15-11)16-14-6-8-1-2-9-10(5-8)19-7-18-9/h1-6H,7H2,(H2,13,15,16,17)/b14-6+. The number of hydrazone groups is 1. The zero-order valence-electron chi connectivity index (χ0n) is 9.79. The molecule has 1 aromatic heterocycles. The summed E-state index contributed by atoms with van der Waals surface area (Å²) in [5.74, 6) is 1.69. The van der Waals surface area contributed by atoms with Crippen LogP contribution in [0.5, 0.6) is 11.5 Å². The van der Waals surface area contributed by atoms with Crippen molar-refractivity contribution in [1.82, 2.24) is 9.97 Å². The molecule has 0 spiro atoms. The van der Waals surface area contributed by atoms with Gasteiger partial charge in [0.2, 0.25) is 12.7 Å². The van der Waals surface area contributed by atoms with Gasteiger partial charge in [0.15, 0.2) is 11.5 Å². The van der Waals surface area contributed by atoms with Gasteiger partial charge in [-0.1, -0.05) is 0 Å². The summed E-state index contributed by atoms with van der Waals surface area (Å²) >= 11 is 0. The lowest BCUT2D eigenvalue weighted by molar-refractivity contribution is 0.174. The van der Waals surface area contributed by atoms with Crippen molar-refractivity contribution in [3.8, 4) is 11.5 Å². The Morgan fingerprint density at radius 3 is 3.11 bits per heavy atom. The number of fused-ring (bicyclic) bond motifs is 1. The smallest absolute Gasteiger partial charge is 0.252 e. The van der Waals surface area contributed by atoms with Gasteiger partial charge in [0.25, 0.3) is 5.56 Å². The molecule has 1 aromatic carbocycles. The molecular weight excluding hydrogens is 248 g/mol. The Morgan fingerprint density at radius 1 is 1.32 bits per heavy atom. The molecule has 0 bridgehead atoms. The fourth-order valence-electron chi connectivity index (χ4n) is 1.59. The number of ether oxygens (including phenoxy) is 2. The van der Waals surface area contributed by atoms with Gasteiger partial charge < -0.3 is 9.47 Å². The Labute approximate surface area is 107 Å². The highest BCUT2D eigenvalue weighted by atomic mass is 16.7. The van der Waals surface area contributed by atoms with E-state index in [1.54, 1.807) is 6.21 Å². The van der Waals surface area contributed by atoms with Crippen molar-refractivity contribution in [2.24, 2.45) is 5.10 Å². The van der Waals surface area contributed by atoms with E-state index in [0.717, 1.165) is 11.3 Å². The number of aromatic nitrogens is 2. The van der Waals surface area contributed by atoms with E-state index >= 15 is 0 Å². The van der Waals surface area contributed by atoms with Gasteiger partial charge in [-0.2, -0.15) is 5.10 Å². The molecule has 0 saturated carbocycles. The molecule has 0 fully saturated rings. The molecule has 7 nitrogen and oxygen atoms in total. The summed E-state index contributed by atoms with van der Waals surface area (Å²) in [6, 6.07) is 6.80. The summed E-state index contributed by atoms with van der Waals surface area (Å²) in [7, 11) is 0. The van der Waals surface area contributed by atoms with Gasteiger partial charge in [0, 0.05) is 12.3 Å². The second-order valence-electron chi connectivity index (χ2n) is 3.77. The van der Waals surface area contributed by atoms with E-state index in [1.807, 2.05) is 18.2 Å². The van der Waals surface area contributed by atoms with Crippen LogP contribution in [0.25, 0.3) is 0 Å². The zero-order valence-corrected chi connectivity index (χ0v) is 9.79. The van der Waals surface area contributed by atoms with Gasteiger partial charge in [-0.05, 0) is 23.8 Å². The van der Waals surface area contributed by atoms with Crippen molar-refractivity contribution >= 4 is 12.2 Å². The zero-order chi connectivity index (χ0) is 13.1. The van der Waals surface area contributed by atoms with E-state index in [-0.39, 0.29) is 18.3 Å². The Bertz CT molecular complexity index is 681. The summed E-state index contributed by atoms with van der Waals surface area (Å²) in [5.41, 5.74) is 3.23. The third kappa shape index (κ3) is 2.54. The van der Waals surface area contributed by atoms with Gasteiger partial charge >= 0.3 is 0 Å². The normalized spacial score (nSPS) is 12.8. The number of aromatic amines is 1.